The highest BCUT2D eigenvalue weighted by atomic mass is 32.2. The summed E-state index contributed by atoms with van der Waals surface area (Å²) in [7, 11) is 1.54. The molecule has 0 saturated heterocycles. The molecule has 0 bridgehead atoms. The molecule has 0 saturated carbocycles. The summed E-state index contributed by atoms with van der Waals surface area (Å²) in [6, 6.07) is 15.0. The number of benzene rings is 2. The maximum atomic E-state index is 11.6. The molecule has 1 heterocycles. The third kappa shape index (κ3) is 5.61. The summed E-state index contributed by atoms with van der Waals surface area (Å²) in [4.78, 5) is 11.7. The normalized spacial score (nSPS) is 11.3. The minimum absolute atomic E-state index is 0.0521. The standard InChI is InChI=1S/C21H20N2O5S/c1-3-19-22-23-21(28-19)29-18(20(24)25)12-15-9-10-16(17(11-15)26-2)27-13-14-7-5-4-6-8-14/h4-12H,3,13H2,1-2H3,(H,24,25)/b18-12-. The number of ether oxygens (including phenoxy) is 2. The molecule has 0 amide bonds. The molecule has 8 heteroatoms. The van der Waals surface area contributed by atoms with E-state index < -0.39 is 5.97 Å². The van der Waals surface area contributed by atoms with E-state index in [1.165, 1.54) is 13.2 Å². The second-order valence-electron chi connectivity index (χ2n) is 5.92. The molecule has 29 heavy (non-hydrogen) atoms. The van der Waals surface area contributed by atoms with Crippen molar-refractivity contribution in [1.82, 2.24) is 10.2 Å². The van der Waals surface area contributed by atoms with Gasteiger partial charge in [0.25, 0.3) is 5.22 Å². The van der Waals surface area contributed by atoms with Gasteiger partial charge >= 0.3 is 5.97 Å². The van der Waals surface area contributed by atoms with Crippen molar-refractivity contribution in [3.05, 3.63) is 70.5 Å². The first-order valence-electron chi connectivity index (χ1n) is 8.89. The SMILES string of the molecule is CCc1nnc(S/C(=C\c2ccc(OCc3ccccc3)c(OC)c2)C(=O)O)o1. The molecule has 0 spiro atoms. The van der Waals surface area contributed by atoms with Crippen molar-refractivity contribution in [1.29, 1.82) is 0 Å². The number of rotatable bonds is 9. The minimum Gasteiger partial charge on any atom is -0.493 e. The smallest absolute Gasteiger partial charge is 0.342 e. The van der Waals surface area contributed by atoms with Gasteiger partial charge in [-0.3, -0.25) is 0 Å². The van der Waals surface area contributed by atoms with E-state index in [9.17, 15) is 9.90 Å². The van der Waals surface area contributed by atoms with Crippen LogP contribution in [0.15, 0.2) is 63.1 Å². The predicted molar refractivity (Wildman–Crippen MR) is 109 cm³/mol. The molecule has 150 valence electrons. The van der Waals surface area contributed by atoms with Crippen molar-refractivity contribution < 1.29 is 23.8 Å². The molecule has 1 aromatic heterocycles. The molecular weight excluding hydrogens is 392 g/mol. The number of carboxylic acids is 1. The zero-order valence-electron chi connectivity index (χ0n) is 16.0. The number of aromatic nitrogens is 2. The van der Waals surface area contributed by atoms with E-state index >= 15 is 0 Å². The van der Waals surface area contributed by atoms with Crippen molar-refractivity contribution in [3.8, 4) is 11.5 Å². The monoisotopic (exact) mass is 412 g/mol. The average Bonchev–Trinajstić information content (AvgIpc) is 3.20. The quantitative estimate of drug-likeness (QED) is 0.407. The fraction of sp³-hybridized carbons (Fsp3) is 0.190. The Balaban J connectivity index is 1.78. The Labute approximate surface area is 172 Å². The Kier molecular flexibility index (Phi) is 6.91. The highest BCUT2D eigenvalue weighted by Crippen LogP contribution is 2.32. The van der Waals surface area contributed by atoms with Gasteiger partial charge in [0.15, 0.2) is 11.5 Å². The van der Waals surface area contributed by atoms with E-state index in [4.69, 9.17) is 13.9 Å². The second-order valence-corrected chi connectivity index (χ2v) is 6.91. The van der Waals surface area contributed by atoms with Gasteiger partial charge < -0.3 is 19.0 Å². The number of hydrogen-bond acceptors (Lipinski definition) is 7. The number of carbonyl (C=O) groups is 1. The second kappa shape index (κ2) is 9.79. The summed E-state index contributed by atoms with van der Waals surface area (Å²) in [5, 5.41) is 17.4. The first-order valence-corrected chi connectivity index (χ1v) is 9.70. The third-order valence-corrected chi connectivity index (χ3v) is 4.73. The maximum Gasteiger partial charge on any atom is 0.342 e. The molecule has 0 atom stereocenters. The number of aryl methyl sites for hydroxylation is 1. The van der Waals surface area contributed by atoms with Gasteiger partial charge in [0.1, 0.15) is 11.5 Å². The summed E-state index contributed by atoms with van der Waals surface area (Å²) in [5.74, 6) is 0.450. The van der Waals surface area contributed by atoms with Crippen LogP contribution in [0.3, 0.4) is 0 Å². The van der Waals surface area contributed by atoms with Crippen molar-refractivity contribution in [2.24, 2.45) is 0 Å². The first kappa shape index (κ1) is 20.5. The van der Waals surface area contributed by atoms with Crippen molar-refractivity contribution >= 4 is 23.8 Å². The number of hydrogen-bond donors (Lipinski definition) is 1. The van der Waals surface area contributed by atoms with Gasteiger partial charge in [-0.25, -0.2) is 4.79 Å². The van der Waals surface area contributed by atoms with Crippen molar-refractivity contribution in [2.75, 3.05) is 7.11 Å². The Hall–Kier alpha value is -3.26. The number of nitrogens with zero attached hydrogens (tertiary/aromatic N) is 2. The van der Waals surface area contributed by atoms with E-state index in [0.717, 1.165) is 17.3 Å². The molecule has 2 aromatic carbocycles. The van der Waals surface area contributed by atoms with Gasteiger partial charge in [-0.05, 0) is 41.1 Å². The van der Waals surface area contributed by atoms with Crippen LogP contribution in [0.1, 0.15) is 23.9 Å². The molecule has 7 nitrogen and oxygen atoms in total. The van der Waals surface area contributed by atoms with Gasteiger partial charge in [0.05, 0.1) is 7.11 Å². The van der Waals surface area contributed by atoms with E-state index in [-0.39, 0.29) is 10.1 Å². The van der Waals surface area contributed by atoms with Crippen molar-refractivity contribution in [2.45, 2.75) is 25.2 Å². The van der Waals surface area contributed by atoms with Crippen LogP contribution < -0.4 is 9.47 Å². The molecule has 0 aliphatic heterocycles. The molecule has 0 fully saturated rings. The Bertz CT molecular complexity index is 1000. The number of carboxylic acid groups (broad SMARTS) is 1. The fourth-order valence-corrected chi connectivity index (χ4v) is 3.12. The summed E-state index contributed by atoms with van der Waals surface area (Å²) in [5.41, 5.74) is 1.68. The number of thioether (sulfide) groups is 1. The summed E-state index contributed by atoms with van der Waals surface area (Å²) in [6.45, 7) is 2.28. The van der Waals surface area contributed by atoms with E-state index in [2.05, 4.69) is 10.2 Å². The molecule has 0 aliphatic rings. The lowest BCUT2D eigenvalue weighted by Crippen LogP contribution is -1.99. The highest BCUT2D eigenvalue weighted by molar-refractivity contribution is 8.03. The Morgan fingerprint density at radius 3 is 2.62 bits per heavy atom. The van der Waals surface area contributed by atoms with Gasteiger partial charge in [-0.2, -0.15) is 0 Å². The van der Waals surface area contributed by atoms with Gasteiger partial charge in [-0.1, -0.05) is 43.3 Å². The average molecular weight is 412 g/mol. The third-order valence-electron chi connectivity index (χ3n) is 3.88. The predicted octanol–water partition coefficient (Wildman–Crippen LogP) is 4.44. The van der Waals surface area contributed by atoms with Crippen LogP contribution in [0.2, 0.25) is 0 Å². The lowest BCUT2D eigenvalue weighted by atomic mass is 10.2. The molecule has 3 aromatic rings. The van der Waals surface area contributed by atoms with E-state index in [1.807, 2.05) is 37.3 Å². The topological polar surface area (TPSA) is 94.7 Å². The van der Waals surface area contributed by atoms with Crippen LogP contribution in [0.25, 0.3) is 6.08 Å². The molecule has 1 N–H and O–H groups in total. The van der Waals surface area contributed by atoms with Gasteiger partial charge in [0.2, 0.25) is 5.89 Å². The Morgan fingerprint density at radius 2 is 1.97 bits per heavy atom. The first-order chi connectivity index (χ1) is 14.1. The largest absolute Gasteiger partial charge is 0.493 e. The molecule has 0 aliphatic carbocycles. The zero-order valence-corrected chi connectivity index (χ0v) is 16.8. The van der Waals surface area contributed by atoms with Crippen LogP contribution in [-0.4, -0.2) is 28.4 Å². The van der Waals surface area contributed by atoms with Crippen LogP contribution in [0.4, 0.5) is 0 Å². The lowest BCUT2D eigenvalue weighted by Gasteiger charge is -2.11. The highest BCUT2D eigenvalue weighted by Gasteiger charge is 2.15. The van der Waals surface area contributed by atoms with Gasteiger partial charge in [0, 0.05) is 6.42 Å². The molecular formula is C21H20N2O5S. The molecule has 0 unspecified atom stereocenters. The lowest BCUT2D eigenvalue weighted by molar-refractivity contribution is -0.131. The van der Waals surface area contributed by atoms with E-state index in [1.54, 1.807) is 18.2 Å². The summed E-state index contributed by atoms with van der Waals surface area (Å²) in [6.07, 6.45) is 2.10. The zero-order chi connectivity index (χ0) is 20.6. The van der Waals surface area contributed by atoms with E-state index in [0.29, 0.717) is 36.0 Å². The van der Waals surface area contributed by atoms with Gasteiger partial charge in [-0.15, -0.1) is 10.2 Å². The van der Waals surface area contributed by atoms with Crippen molar-refractivity contribution in [3.63, 3.8) is 0 Å². The number of aliphatic carboxylic acids is 1. The van der Waals surface area contributed by atoms with Crippen LogP contribution >= 0.6 is 11.8 Å². The molecule has 3 rings (SSSR count). The maximum absolute atomic E-state index is 11.6. The summed E-state index contributed by atoms with van der Waals surface area (Å²) < 4.78 is 16.6. The van der Waals surface area contributed by atoms with Crippen LogP contribution in [0, 0.1) is 0 Å². The Morgan fingerprint density at radius 1 is 1.17 bits per heavy atom. The summed E-state index contributed by atoms with van der Waals surface area (Å²) >= 11 is 0.902. The van der Waals surface area contributed by atoms with Crippen LogP contribution in [-0.2, 0) is 17.8 Å². The fourth-order valence-electron chi connectivity index (χ4n) is 2.43. The minimum atomic E-state index is -1.09. The van der Waals surface area contributed by atoms with Crippen LogP contribution in [0.5, 0.6) is 11.5 Å². The molecule has 0 radical (unpaired) electrons. The number of methoxy groups -OCH3 is 1.